The molecule has 0 aliphatic heterocycles. The van der Waals surface area contributed by atoms with Gasteiger partial charge in [-0.1, -0.05) is 42.0 Å². The van der Waals surface area contributed by atoms with Crippen LogP contribution in [0, 0.1) is 18.3 Å². The summed E-state index contributed by atoms with van der Waals surface area (Å²) >= 11 is 0. The summed E-state index contributed by atoms with van der Waals surface area (Å²) < 4.78 is 5.07. The molecule has 0 saturated heterocycles. The van der Waals surface area contributed by atoms with Crippen LogP contribution in [0.1, 0.15) is 16.7 Å². The molecule has 0 aliphatic rings. The summed E-state index contributed by atoms with van der Waals surface area (Å²) in [4.78, 5) is 0. The van der Waals surface area contributed by atoms with Gasteiger partial charge in [0.25, 0.3) is 0 Å². The van der Waals surface area contributed by atoms with E-state index < -0.39 is 5.60 Å². The molecule has 0 aromatic heterocycles. The van der Waals surface area contributed by atoms with Gasteiger partial charge in [0.2, 0.25) is 5.60 Å². The van der Waals surface area contributed by atoms with Gasteiger partial charge in [-0.05, 0) is 19.1 Å². The maximum absolute atomic E-state index is 10.6. The molecule has 0 aliphatic carbocycles. The average Bonchev–Trinajstić information content (AvgIpc) is 2.47. The highest BCUT2D eigenvalue weighted by atomic mass is 16.5. The summed E-state index contributed by atoms with van der Waals surface area (Å²) in [5.74, 6) is 0.688. The molecule has 0 spiro atoms. The molecule has 0 fully saturated rings. The van der Waals surface area contributed by atoms with E-state index in [1.165, 1.54) is 0 Å². The molecule has 0 amide bonds. The number of benzene rings is 2. The molecule has 1 atom stereocenters. The lowest BCUT2D eigenvalue weighted by Crippen LogP contribution is -2.24. The topological polar surface area (TPSA) is 53.2 Å². The van der Waals surface area contributed by atoms with Crippen molar-refractivity contribution in [2.75, 3.05) is 7.11 Å². The maximum atomic E-state index is 10.6. The standard InChI is InChI=1S/C16H15NO2/c1-12-3-5-13(6-4-12)16(18,11-17)14-7-9-15(19-2)10-8-14/h3-10,18H,1-2H3. The Hall–Kier alpha value is -2.31. The third-order valence-electron chi connectivity index (χ3n) is 3.14. The lowest BCUT2D eigenvalue weighted by molar-refractivity contribution is 0.142. The number of methoxy groups -OCH3 is 1. The van der Waals surface area contributed by atoms with Crippen LogP contribution in [0.25, 0.3) is 0 Å². The molecular weight excluding hydrogens is 238 g/mol. The Balaban J connectivity index is 2.47. The minimum atomic E-state index is -1.64. The van der Waals surface area contributed by atoms with Crippen molar-refractivity contribution in [2.45, 2.75) is 12.5 Å². The van der Waals surface area contributed by atoms with Crippen molar-refractivity contribution in [1.29, 1.82) is 5.26 Å². The fourth-order valence-corrected chi connectivity index (χ4v) is 1.92. The quantitative estimate of drug-likeness (QED) is 0.856. The van der Waals surface area contributed by atoms with Crippen LogP contribution in [0.3, 0.4) is 0 Å². The molecule has 3 nitrogen and oxygen atoms in total. The number of rotatable bonds is 3. The highest BCUT2D eigenvalue weighted by Gasteiger charge is 2.31. The Morgan fingerprint density at radius 2 is 1.47 bits per heavy atom. The number of aryl methyl sites for hydroxylation is 1. The number of aliphatic hydroxyl groups is 1. The SMILES string of the molecule is COc1ccc(C(O)(C#N)c2ccc(C)cc2)cc1. The normalized spacial score (nSPS) is 13.4. The Kier molecular flexibility index (Phi) is 3.55. The number of hydrogen-bond acceptors (Lipinski definition) is 3. The monoisotopic (exact) mass is 253 g/mol. The van der Waals surface area contributed by atoms with E-state index in [0.29, 0.717) is 16.9 Å². The van der Waals surface area contributed by atoms with E-state index in [2.05, 4.69) is 0 Å². The van der Waals surface area contributed by atoms with Gasteiger partial charge < -0.3 is 9.84 Å². The number of nitrogens with zero attached hydrogens (tertiary/aromatic N) is 1. The van der Waals surface area contributed by atoms with Crippen LogP contribution in [0.4, 0.5) is 0 Å². The minimum absolute atomic E-state index is 0.527. The zero-order valence-corrected chi connectivity index (χ0v) is 10.9. The highest BCUT2D eigenvalue weighted by molar-refractivity contribution is 5.44. The van der Waals surface area contributed by atoms with E-state index in [0.717, 1.165) is 5.56 Å². The third kappa shape index (κ3) is 2.44. The van der Waals surface area contributed by atoms with E-state index in [1.807, 2.05) is 25.1 Å². The fraction of sp³-hybridized carbons (Fsp3) is 0.188. The van der Waals surface area contributed by atoms with E-state index in [9.17, 15) is 10.4 Å². The van der Waals surface area contributed by atoms with Gasteiger partial charge in [0.15, 0.2) is 0 Å². The summed E-state index contributed by atoms with van der Waals surface area (Å²) in [5, 5.41) is 20.0. The molecule has 3 heteroatoms. The fourth-order valence-electron chi connectivity index (χ4n) is 1.92. The van der Waals surface area contributed by atoms with E-state index in [1.54, 1.807) is 43.5 Å². The maximum Gasteiger partial charge on any atom is 0.202 e. The van der Waals surface area contributed by atoms with Crippen LogP contribution in [0.2, 0.25) is 0 Å². The summed E-state index contributed by atoms with van der Waals surface area (Å²) in [7, 11) is 1.57. The van der Waals surface area contributed by atoms with Crippen LogP contribution >= 0.6 is 0 Å². The lowest BCUT2D eigenvalue weighted by Gasteiger charge is -2.21. The first-order valence-electron chi connectivity index (χ1n) is 5.95. The van der Waals surface area contributed by atoms with Crippen LogP contribution in [-0.4, -0.2) is 12.2 Å². The summed E-state index contributed by atoms with van der Waals surface area (Å²) in [6.45, 7) is 1.96. The molecule has 0 bridgehead atoms. The molecule has 2 rings (SSSR count). The smallest absolute Gasteiger partial charge is 0.202 e. The average molecular weight is 253 g/mol. The largest absolute Gasteiger partial charge is 0.497 e. The van der Waals surface area contributed by atoms with Crippen molar-refractivity contribution in [3.63, 3.8) is 0 Å². The highest BCUT2D eigenvalue weighted by Crippen LogP contribution is 2.30. The van der Waals surface area contributed by atoms with Crippen molar-refractivity contribution >= 4 is 0 Å². The molecule has 19 heavy (non-hydrogen) atoms. The number of ether oxygens (including phenoxy) is 1. The summed E-state index contributed by atoms with van der Waals surface area (Å²) in [6, 6.07) is 16.1. The van der Waals surface area contributed by atoms with Gasteiger partial charge in [0.05, 0.1) is 7.11 Å². The van der Waals surface area contributed by atoms with Crippen LogP contribution in [0.5, 0.6) is 5.75 Å². The van der Waals surface area contributed by atoms with E-state index in [-0.39, 0.29) is 0 Å². The first-order chi connectivity index (χ1) is 9.10. The second kappa shape index (κ2) is 5.13. The molecular formula is C16H15NO2. The molecule has 0 heterocycles. The van der Waals surface area contributed by atoms with Gasteiger partial charge in [-0.25, -0.2) is 0 Å². The minimum Gasteiger partial charge on any atom is -0.497 e. The van der Waals surface area contributed by atoms with Crippen molar-refractivity contribution < 1.29 is 9.84 Å². The Morgan fingerprint density at radius 1 is 1.00 bits per heavy atom. The van der Waals surface area contributed by atoms with E-state index in [4.69, 9.17) is 4.74 Å². The van der Waals surface area contributed by atoms with Gasteiger partial charge in [-0.15, -0.1) is 0 Å². The van der Waals surface area contributed by atoms with E-state index >= 15 is 0 Å². The lowest BCUT2D eigenvalue weighted by atomic mass is 9.87. The number of nitriles is 1. The molecule has 2 aromatic carbocycles. The van der Waals surface area contributed by atoms with Gasteiger partial charge in [0, 0.05) is 11.1 Å². The predicted octanol–water partition coefficient (Wildman–Crippen LogP) is 2.76. The Morgan fingerprint density at radius 3 is 1.89 bits per heavy atom. The zero-order valence-electron chi connectivity index (χ0n) is 10.9. The van der Waals surface area contributed by atoms with Gasteiger partial charge in [-0.2, -0.15) is 5.26 Å². The Labute approximate surface area is 112 Å². The predicted molar refractivity (Wildman–Crippen MR) is 72.8 cm³/mol. The van der Waals surface area contributed by atoms with Crippen molar-refractivity contribution in [3.8, 4) is 11.8 Å². The van der Waals surface area contributed by atoms with Crippen molar-refractivity contribution in [1.82, 2.24) is 0 Å². The van der Waals surface area contributed by atoms with Gasteiger partial charge in [0.1, 0.15) is 11.8 Å². The second-order valence-corrected chi connectivity index (χ2v) is 4.42. The molecule has 2 aromatic rings. The van der Waals surface area contributed by atoms with Crippen molar-refractivity contribution in [3.05, 3.63) is 65.2 Å². The Bertz CT molecular complexity index is 596. The number of hydrogen-bond donors (Lipinski definition) is 1. The summed E-state index contributed by atoms with van der Waals surface area (Å²) in [5.41, 5.74) is 0.532. The van der Waals surface area contributed by atoms with Gasteiger partial charge in [-0.3, -0.25) is 0 Å². The van der Waals surface area contributed by atoms with Crippen molar-refractivity contribution in [2.24, 2.45) is 0 Å². The molecule has 1 unspecified atom stereocenters. The molecule has 96 valence electrons. The zero-order chi connectivity index (χ0) is 13.9. The van der Waals surface area contributed by atoms with Crippen LogP contribution in [0.15, 0.2) is 48.5 Å². The van der Waals surface area contributed by atoms with Crippen LogP contribution in [-0.2, 0) is 5.60 Å². The third-order valence-corrected chi connectivity index (χ3v) is 3.14. The van der Waals surface area contributed by atoms with Crippen LogP contribution < -0.4 is 4.74 Å². The first-order valence-corrected chi connectivity index (χ1v) is 5.95. The molecule has 0 saturated carbocycles. The molecule has 0 radical (unpaired) electrons. The summed E-state index contributed by atoms with van der Waals surface area (Å²) in [6.07, 6.45) is 0. The first kappa shape index (κ1) is 13.1. The molecule has 1 N–H and O–H groups in total. The second-order valence-electron chi connectivity index (χ2n) is 4.42. The van der Waals surface area contributed by atoms with Gasteiger partial charge >= 0.3 is 0 Å².